The van der Waals surface area contributed by atoms with E-state index < -0.39 is 0 Å². The zero-order valence-corrected chi connectivity index (χ0v) is 12.2. The average Bonchev–Trinajstić information content (AvgIpc) is 2.22. The first-order chi connectivity index (χ1) is 8.11. The molecule has 0 aliphatic heterocycles. The zero-order chi connectivity index (χ0) is 12.4. The summed E-state index contributed by atoms with van der Waals surface area (Å²) in [6.07, 6.45) is 4.01. The molecule has 17 heavy (non-hydrogen) atoms. The number of nitrogens with one attached hydrogen (secondary N) is 1. The van der Waals surface area contributed by atoms with E-state index in [1.165, 1.54) is 40.5 Å². The Balaban J connectivity index is 2.11. The predicted octanol–water partition coefficient (Wildman–Crippen LogP) is 3.61. The number of anilines is 1. The van der Waals surface area contributed by atoms with E-state index in [1.54, 1.807) is 0 Å². The molecule has 1 unspecified atom stereocenters. The van der Waals surface area contributed by atoms with E-state index in [4.69, 9.17) is 5.73 Å². The molecule has 0 saturated heterocycles. The number of benzene rings is 1. The van der Waals surface area contributed by atoms with Gasteiger partial charge in [0.25, 0.3) is 0 Å². The third-order valence-corrected chi connectivity index (χ3v) is 5.01. The minimum Gasteiger partial charge on any atom is -0.381 e. The molecular formula is C14H21BrN2. The SMILES string of the molecule is Cc1cc(NC(CN)C2CCC2)cc(C)c1Br. The molecule has 1 saturated carbocycles. The summed E-state index contributed by atoms with van der Waals surface area (Å²) in [5, 5.41) is 3.59. The van der Waals surface area contributed by atoms with Crippen LogP contribution in [-0.2, 0) is 0 Å². The highest BCUT2D eigenvalue weighted by atomic mass is 79.9. The number of halogens is 1. The van der Waals surface area contributed by atoms with Gasteiger partial charge in [-0.2, -0.15) is 0 Å². The summed E-state index contributed by atoms with van der Waals surface area (Å²) in [6, 6.07) is 4.82. The van der Waals surface area contributed by atoms with Crippen molar-refractivity contribution >= 4 is 21.6 Å². The molecule has 0 spiro atoms. The van der Waals surface area contributed by atoms with E-state index in [1.807, 2.05) is 0 Å². The lowest BCUT2D eigenvalue weighted by atomic mass is 9.79. The number of hydrogen-bond donors (Lipinski definition) is 2. The Labute approximate surface area is 112 Å². The number of rotatable bonds is 4. The molecule has 3 N–H and O–H groups in total. The van der Waals surface area contributed by atoms with Crippen molar-refractivity contribution in [2.45, 2.75) is 39.2 Å². The first-order valence-electron chi connectivity index (χ1n) is 6.35. The highest BCUT2D eigenvalue weighted by molar-refractivity contribution is 9.10. The molecule has 3 heteroatoms. The van der Waals surface area contributed by atoms with Gasteiger partial charge >= 0.3 is 0 Å². The van der Waals surface area contributed by atoms with Crippen molar-refractivity contribution in [1.82, 2.24) is 0 Å². The van der Waals surface area contributed by atoms with Gasteiger partial charge in [-0.1, -0.05) is 22.4 Å². The quantitative estimate of drug-likeness (QED) is 0.891. The van der Waals surface area contributed by atoms with Gasteiger partial charge in [-0.3, -0.25) is 0 Å². The minimum absolute atomic E-state index is 0.434. The zero-order valence-electron chi connectivity index (χ0n) is 10.6. The molecular weight excluding hydrogens is 276 g/mol. The third-order valence-electron chi connectivity index (χ3n) is 3.76. The monoisotopic (exact) mass is 296 g/mol. The second-order valence-corrected chi connectivity index (χ2v) is 5.89. The van der Waals surface area contributed by atoms with E-state index in [0.717, 1.165) is 12.5 Å². The number of hydrogen-bond acceptors (Lipinski definition) is 2. The van der Waals surface area contributed by atoms with Crippen molar-refractivity contribution < 1.29 is 0 Å². The molecule has 0 bridgehead atoms. The van der Waals surface area contributed by atoms with Gasteiger partial charge in [0.2, 0.25) is 0 Å². The van der Waals surface area contributed by atoms with Gasteiger partial charge in [0.1, 0.15) is 0 Å². The first kappa shape index (κ1) is 12.9. The Morgan fingerprint density at radius 3 is 2.35 bits per heavy atom. The van der Waals surface area contributed by atoms with Crippen LogP contribution in [0.3, 0.4) is 0 Å². The Morgan fingerprint density at radius 2 is 1.94 bits per heavy atom. The lowest BCUT2D eigenvalue weighted by molar-refractivity contribution is 0.277. The maximum absolute atomic E-state index is 5.87. The largest absolute Gasteiger partial charge is 0.381 e. The second-order valence-electron chi connectivity index (χ2n) is 5.10. The highest BCUT2D eigenvalue weighted by Gasteiger charge is 2.26. The van der Waals surface area contributed by atoms with Crippen LogP contribution in [0, 0.1) is 19.8 Å². The smallest absolute Gasteiger partial charge is 0.0411 e. The van der Waals surface area contributed by atoms with Crippen molar-refractivity contribution in [3.05, 3.63) is 27.7 Å². The van der Waals surface area contributed by atoms with Crippen molar-refractivity contribution in [1.29, 1.82) is 0 Å². The molecule has 1 aliphatic carbocycles. The highest BCUT2D eigenvalue weighted by Crippen LogP contribution is 2.32. The summed E-state index contributed by atoms with van der Waals surface area (Å²) in [4.78, 5) is 0. The molecule has 2 nitrogen and oxygen atoms in total. The molecule has 1 aromatic rings. The van der Waals surface area contributed by atoms with Gasteiger partial charge in [0.15, 0.2) is 0 Å². The standard InChI is InChI=1S/C14H21BrN2/c1-9-6-12(7-10(2)14(9)15)17-13(8-16)11-4-3-5-11/h6-7,11,13,17H,3-5,8,16H2,1-2H3. The van der Waals surface area contributed by atoms with Crippen LogP contribution in [0.2, 0.25) is 0 Å². The van der Waals surface area contributed by atoms with Crippen LogP contribution in [0.1, 0.15) is 30.4 Å². The molecule has 0 aromatic heterocycles. The van der Waals surface area contributed by atoms with E-state index in [2.05, 4.69) is 47.2 Å². The Hall–Kier alpha value is -0.540. The van der Waals surface area contributed by atoms with Gasteiger partial charge in [0, 0.05) is 22.7 Å². The van der Waals surface area contributed by atoms with Crippen LogP contribution in [0.5, 0.6) is 0 Å². The third kappa shape index (κ3) is 2.83. The Bertz CT molecular complexity index is 376. The molecule has 1 fully saturated rings. The van der Waals surface area contributed by atoms with E-state index >= 15 is 0 Å². The van der Waals surface area contributed by atoms with Gasteiger partial charge in [-0.25, -0.2) is 0 Å². The fourth-order valence-corrected chi connectivity index (χ4v) is 2.68. The molecule has 2 rings (SSSR count). The summed E-state index contributed by atoms with van der Waals surface area (Å²) in [7, 11) is 0. The fraction of sp³-hybridized carbons (Fsp3) is 0.571. The van der Waals surface area contributed by atoms with Crippen LogP contribution in [0.4, 0.5) is 5.69 Å². The molecule has 0 amide bonds. The van der Waals surface area contributed by atoms with Crippen LogP contribution >= 0.6 is 15.9 Å². The van der Waals surface area contributed by atoms with Gasteiger partial charge in [-0.05, 0) is 55.9 Å². The molecule has 94 valence electrons. The van der Waals surface area contributed by atoms with Crippen LogP contribution in [-0.4, -0.2) is 12.6 Å². The molecule has 1 atom stereocenters. The maximum atomic E-state index is 5.87. The van der Waals surface area contributed by atoms with E-state index in [0.29, 0.717) is 6.04 Å². The summed E-state index contributed by atoms with van der Waals surface area (Å²) in [5.41, 5.74) is 9.61. The lowest BCUT2D eigenvalue weighted by Crippen LogP contribution is -2.39. The summed E-state index contributed by atoms with van der Waals surface area (Å²) in [6.45, 7) is 4.98. The van der Waals surface area contributed by atoms with Gasteiger partial charge in [0.05, 0.1) is 0 Å². The maximum Gasteiger partial charge on any atom is 0.0411 e. The summed E-state index contributed by atoms with van der Waals surface area (Å²) < 4.78 is 1.20. The normalized spacial score (nSPS) is 17.6. The molecule has 1 aromatic carbocycles. The Morgan fingerprint density at radius 1 is 1.35 bits per heavy atom. The van der Waals surface area contributed by atoms with Crippen molar-refractivity contribution in [3.63, 3.8) is 0 Å². The van der Waals surface area contributed by atoms with E-state index in [-0.39, 0.29) is 0 Å². The first-order valence-corrected chi connectivity index (χ1v) is 7.14. The molecule has 0 radical (unpaired) electrons. The van der Waals surface area contributed by atoms with Crippen molar-refractivity contribution in [2.75, 3.05) is 11.9 Å². The van der Waals surface area contributed by atoms with Gasteiger partial charge in [-0.15, -0.1) is 0 Å². The average molecular weight is 297 g/mol. The topological polar surface area (TPSA) is 38.0 Å². The lowest BCUT2D eigenvalue weighted by Gasteiger charge is -2.34. The van der Waals surface area contributed by atoms with Crippen molar-refractivity contribution in [2.24, 2.45) is 11.7 Å². The predicted molar refractivity (Wildman–Crippen MR) is 77.4 cm³/mol. The summed E-state index contributed by atoms with van der Waals surface area (Å²) in [5.74, 6) is 0.768. The number of nitrogens with two attached hydrogens (primary N) is 1. The Kier molecular flexibility index (Phi) is 4.10. The molecule has 0 heterocycles. The van der Waals surface area contributed by atoms with Gasteiger partial charge < -0.3 is 11.1 Å². The van der Waals surface area contributed by atoms with E-state index in [9.17, 15) is 0 Å². The number of aryl methyl sites for hydroxylation is 2. The summed E-state index contributed by atoms with van der Waals surface area (Å²) >= 11 is 3.60. The molecule has 1 aliphatic rings. The van der Waals surface area contributed by atoms with Crippen LogP contribution < -0.4 is 11.1 Å². The minimum atomic E-state index is 0.434. The van der Waals surface area contributed by atoms with Crippen LogP contribution in [0.25, 0.3) is 0 Å². The fourth-order valence-electron chi connectivity index (χ4n) is 2.45. The van der Waals surface area contributed by atoms with Crippen LogP contribution in [0.15, 0.2) is 16.6 Å². The van der Waals surface area contributed by atoms with Crippen molar-refractivity contribution in [3.8, 4) is 0 Å². The second kappa shape index (κ2) is 5.40.